The monoisotopic (exact) mass is 325 g/mol. The summed E-state index contributed by atoms with van der Waals surface area (Å²) in [7, 11) is 1.14. The molecular weight excluding hydrogens is 310 g/mol. The Labute approximate surface area is 130 Å². The molecule has 124 valence electrons. The first kappa shape index (κ1) is 17.9. The number of amides is 3. The van der Waals surface area contributed by atoms with Crippen LogP contribution in [-0.2, 0) is 9.53 Å². The van der Waals surface area contributed by atoms with Crippen LogP contribution in [0.2, 0.25) is 0 Å². The summed E-state index contributed by atoms with van der Waals surface area (Å²) in [6, 6.07) is 2.71. The third kappa shape index (κ3) is 5.26. The molecule has 0 fully saturated rings. The standard InChI is InChI=1S/C13H15N3O7/c1-3-14-13(19)15-11(17)7-23-10-5-4-8(12(18)22-2)6-9(10)16(20)21/h4-6H,3,7H2,1-2H3,(H2,14,15,17,19). The average molecular weight is 325 g/mol. The van der Waals surface area contributed by atoms with E-state index >= 15 is 0 Å². The number of esters is 1. The molecule has 1 aromatic carbocycles. The normalized spacial score (nSPS) is 9.65. The van der Waals surface area contributed by atoms with Gasteiger partial charge in [0.1, 0.15) is 0 Å². The van der Waals surface area contributed by atoms with E-state index in [0.29, 0.717) is 6.54 Å². The maximum absolute atomic E-state index is 11.5. The number of nitro benzene ring substituents is 1. The summed E-state index contributed by atoms with van der Waals surface area (Å²) < 4.78 is 9.49. The number of imide groups is 1. The lowest BCUT2D eigenvalue weighted by molar-refractivity contribution is -0.385. The second kappa shape index (κ2) is 8.32. The van der Waals surface area contributed by atoms with E-state index in [2.05, 4.69) is 10.1 Å². The molecule has 0 saturated carbocycles. The molecule has 0 bridgehead atoms. The number of methoxy groups -OCH3 is 1. The predicted molar refractivity (Wildman–Crippen MR) is 77.1 cm³/mol. The number of nitrogens with one attached hydrogen (secondary N) is 2. The molecule has 3 amide bonds. The SMILES string of the molecule is CCNC(=O)NC(=O)COc1ccc(C(=O)OC)cc1[N+](=O)[O-]. The fourth-order valence-corrected chi connectivity index (χ4v) is 1.54. The fraction of sp³-hybridized carbons (Fsp3) is 0.308. The number of nitro groups is 1. The topological polar surface area (TPSA) is 137 Å². The highest BCUT2D eigenvalue weighted by Gasteiger charge is 2.20. The Morgan fingerprint density at radius 1 is 1.30 bits per heavy atom. The minimum atomic E-state index is -0.776. The van der Waals surface area contributed by atoms with Crippen LogP contribution in [0.4, 0.5) is 10.5 Å². The van der Waals surface area contributed by atoms with Crippen LogP contribution in [0.15, 0.2) is 18.2 Å². The van der Waals surface area contributed by atoms with Gasteiger partial charge < -0.3 is 14.8 Å². The van der Waals surface area contributed by atoms with Crippen LogP contribution in [0.1, 0.15) is 17.3 Å². The molecule has 0 aliphatic carbocycles. The molecule has 1 rings (SSSR count). The molecular formula is C13H15N3O7. The molecule has 0 spiro atoms. The third-order valence-corrected chi connectivity index (χ3v) is 2.53. The van der Waals surface area contributed by atoms with E-state index in [9.17, 15) is 24.5 Å². The van der Waals surface area contributed by atoms with Crippen molar-refractivity contribution in [2.24, 2.45) is 0 Å². The second-order valence-electron chi connectivity index (χ2n) is 4.13. The van der Waals surface area contributed by atoms with Crippen LogP contribution in [-0.4, -0.2) is 43.1 Å². The summed E-state index contributed by atoms with van der Waals surface area (Å²) >= 11 is 0. The van der Waals surface area contributed by atoms with E-state index < -0.39 is 35.1 Å². The number of benzene rings is 1. The Balaban J connectivity index is 2.80. The number of ether oxygens (including phenoxy) is 2. The number of carbonyl (C=O) groups is 3. The van der Waals surface area contributed by atoms with E-state index in [1.807, 2.05) is 5.32 Å². The summed E-state index contributed by atoms with van der Waals surface area (Å²) in [5.74, 6) is -1.73. The minimum absolute atomic E-state index is 0.0293. The van der Waals surface area contributed by atoms with Crippen molar-refractivity contribution in [1.82, 2.24) is 10.6 Å². The van der Waals surface area contributed by atoms with E-state index in [4.69, 9.17) is 4.74 Å². The van der Waals surface area contributed by atoms with Gasteiger partial charge in [-0.25, -0.2) is 9.59 Å². The summed E-state index contributed by atoms with van der Waals surface area (Å²) in [4.78, 5) is 44.2. The van der Waals surface area contributed by atoms with Crippen molar-refractivity contribution in [3.63, 3.8) is 0 Å². The summed E-state index contributed by atoms with van der Waals surface area (Å²) in [5, 5.41) is 15.3. The van der Waals surface area contributed by atoms with Crippen molar-refractivity contribution in [2.45, 2.75) is 6.92 Å². The van der Waals surface area contributed by atoms with Gasteiger partial charge in [-0.3, -0.25) is 20.2 Å². The van der Waals surface area contributed by atoms with Gasteiger partial charge in [0.2, 0.25) is 0 Å². The van der Waals surface area contributed by atoms with Crippen molar-refractivity contribution >= 4 is 23.6 Å². The molecule has 0 heterocycles. The summed E-state index contributed by atoms with van der Waals surface area (Å²) in [5.41, 5.74) is -0.531. The van der Waals surface area contributed by atoms with E-state index in [0.717, 1.165) is 13.2 Å². The van der Waals surface area contributed by atoms with Gasteiger partial charge in [-0.1, -0.05) is 0 Å². The zero-order valence-electron chi connectivity index (χ0n) is 12.5. The minimum Gasteiger partial charge on any atom is -0.477 e. The first-order chi connectivity index (χ1) is 10.9. The number of carbonyl (C=O) groups excluding carboxylic acids is 3. The quantitative estimate of drug-likeness (QED) is 0.444. The Morgan fingerprint density at radius 2 is 2.00 bits per heavy atom. The van der Waals surface area contributed by atoms with Gasteiger partial charge in [0.05, 0.1) is 17.6 Å². The number of hydrogen-bond donors (Lipinski definition) is 2. The van der Waals surface area contributed by atoms with Crippen LogP contribution in [0.3, 0.4) is 0 Å². The zero-order chi connectivity index (χ0) is 17.4. The molecule has 10 nitrogen and oxygen atoms in total. The van der Waals surface area contributed by atoms with Gasteiger partial charge in [0.15, 0.2) is 12.4 Å². The Kier molecular flexibility index (Phi) is 6.46. The molecule has 0 aliphatic rings. The maximum Gasteiger partial charge on any atom is 0.338 e. The predicted octanol–water partition coefficient (Wildman–Crippen LogP) is 0.606. The van der Waals surface area contributed by atoms with Crippen LogP contribution in [0.25, 0.3) is 0 Å². The molecule has 0 atom stereocenters. The lowest BCUT2D eigenvalue weighted by atomic mass is 10.2. The fourth-order valence-electron chi connectivity index (χ4n) is 1.54. The Hall–Kier alpha value is -3.17. The van der Waals surface area contributed by atoms with Gasteiger partial charge in [-0.2, -0.15) is 0 Å². The van der Waals surface area contributed by atoms with Gasteiger partial charge >= 0.3 is 17.7 Å². The van der Waals surface area contributed by atoms with Crippen molar-refractivity contribution < 1.29 is 28.8 Å². The second-order valence-corrected chi connectivity index (χ2v) is 4.13. The van der Waals surface area contributed by atoms with Gasteiger partial charge in [0.25, 0.3) is 5.91 Å². The Bertz CT molecular complexity index is 630. The smallest absolute Gasteiger partial charge is 0.338 e. The van der Waals surface area contributed by atoms with Crippen molar-refractivity contribution in [2.75, 3.05) is 20.3 Å². The summed E-state index contributed by atoms with van der Waals surface area (Å²) in [6.45, 7) is 1.41. The highest BCUT2D eigenvalue weighted by molar-refractivity contribution is 5.95. The van der Waals surface area contributed by atoms with Crippen LogP contribution in [0.5, 0.6) is 5.75 Å². The number of hydrogen-bond acceptors (Lipinski definition) is 7. The highest BCUT2D eigenvalue weighted by atomic mass is 16.6. The van der Waals surface area contributed by atoms with Crippen molar-refractivity contribution in [3.05, 3.63) is 33.9 Å². The average Bonchev–Trinajstić information content (AvgIpc) is 2.52. The first-order valence-electron chi connectivity index (χ1n) is 6.46. The molecule has 0 unspecified atom stereocenters. The largest absolute Gasteiger partial charge is 0.477 e. The van der Waals surface area contributed by atoms with Crippen molar-refractivity contribution in [1.29, 1.82) is 0 Å². The third-order valence-electron chi connectivity index (χ3n) is 2.53. The van der Waals surface area contributed by atoms with Crippen LogP contribution in [0, 0.1) is 10.1 Å². The highest BCUT2D eigenvalue weighted by Crippen LogP contribution is 2.28. The number of nitrogens with zero attached hydrogens (tertiary/aromatic N) is 1. The molecule has 0 saturated heterocycles. The van der Waals surface area contributed by atoms with E-state index in [1.165, 1.54) is 12.1 Å². The van der Waals surface area contributed by atoms with Crippen LogP contribution < -0.4 is 15.4 Å². The maximum atomic E-state index is 11.5. The number of rotatable bonds is 6. The Morgan fingerprint density at radius 3 is 2.57 bits per heavy atom. The number of urea groups is 1. The zero-order valence-corrected chi connectivity index (χ0v) is 12.5. The van der Waals surface area contributed by atoms with Gasteiger partial charge in [-0.05, 0) is 19.1 Å². The molecule has 0 aliphatic heterocycles. The van der Waals surface area contributed by atoms with Gasteiger partial charge in [0, 0.05) is 12.6 Å². The lowest BCUT2D eigenvalue weighted by Gasteiger charge is -2.08. The van der Waals surface area contributed by atoms with E-state index in [-0.39, 0.29) is 11.3 Å². The molecule has 1 aromatic rings. The molecule has 23 heavy (non-hydrogen) atoms. The summed E-state index contributed by atoms with van der Waals surface area (Å²) in [6.07, 6.45) is 0. The molecule has 10 heteroatoms. The molecule has 0 aromatic heterocycles. The van der Waals surface area contributed by atoms with Crippen molar-refractivity contribution in [3.8, 4) is 5.75 Å². The first-order valence-corrected chi connectivity index (χ1v) is 6.46. The van der Waals surface area contributed by atoms with Crippen LogP contribution >= 0.6 is 0 Å². The molecule has 0 radical (unpaired) electrons. The lowest BCUT2D eigenvalue weighted by Crippen LogP contribution is -2.41. The van der Waals surface area contributed by atoms with E-state index in [1.54, 1.807) is 6.92 Å². The van der Waals surface area contributed by atoms with Gasteiger partial charge in [-0.15, -0.1) is 0 Å². The molecule has 2 N–H and O–H groups in total.